The van der Waals surface area contributed by atoms with Crippen molar-refractivity contribution in [2.75, 3.05) is 5.73 Å². The SMILES string of the molecule is Cc1ccncc1Cn1c(N)nc2cnccc21. The molecule has 2 N–H and O–H groups in total. The molecular weight excluding hydrogens is 226 g/mol. The van der Waals surface area contributed by atoms with Gasteiger partial charge in [-0.3, -0.25) is 9.97 Å². The molecule has 0 aliphatic rings. The summed E-state index contributed by atoms with van der Waals surface area (Å²) in [5, 5.41) is 0. The largest absolute Gasteiger partial charge is 0.369 e. The Kier molecular flexibility index (Phi) is 2.44. The molecule has 5 nitrogen and oxygen atoms in total. The molecule has 3 heterocycles. The first kappa shape index (κ1) is 10.7. The minimum absolute atomic E-state index is 0.501. The number of aromatic nitrogens is 4. The molecule has 0 aliphatic carbocycles. The highest BCUT2D eigenvalue weighted by molar-refractivity contribution is 5.77. The smallest absolute Gasteiger partial charge is 0.201 e. The van der Waals surface area contributed by atoms with Crippen molar-refractivity contribution in [3.05, 3.63) is 48.0 Å². The van der Waals surface area contributed by atoms with Crippen LogP contribution in [0.3, 0.4) is 0 Å². The van der Waals surface area contributed by atoms with Crippen LogP contribution in [0.1, 0.15) is 11.1 Å². The molecule has 5 heteroatoms. The number of aryl methyl sites for hydroxylation is 1. The average Bonchev–Trinajstić information content (AvgIpc) is 2.69. The lowest BCUT2D eigenvalue weighted by Crippen LogP contribution is -2.06. The second-order valence-corrected chi connectivity index (χ2v) is 4.22. The predicted molar refractivity (Wildman–Crippen MR) is 70.0 cm³/mol. The van der Waals surface area contributed by atoms with Gasteiger partial charge in [0.05, 0.1) is 18.3 Å². The Morgan fingerprint density at radius 1 is 1.17 bits per heavy atom. The van der Waals surface area contributed by atoms with E-state index in [4.69, 9.17) is 5.73 Å². The van der Waals surface area contributed by atoms with E-state index in [-0.39, 0.29) is 0 Å². The molecule has 0 aromatic carbocycles. The Hall–Kier alpha value is -2.43. The van der Waals surface area contributed by atoms with Crippen LogP contribution in [-0.4, -0.2) is 19.5 Å². The molecule has 0 bridgehead atoms. The van der Waals surface area contributed by atoms with Gasteiger partial charge in [-0.2, -0.15) is 0 Å². The zero-order valence-corrected chi connectivity index (χ0v) is 10.0. The van der Waals surface area contributed by atoms with Gasteiger partial charge in [-0.05, 0) is 30.2 Å². The fraction of sp³-hybridized carbons (Fsp3) is 0.154. The molecular formula is C13H13N5. The summed E-state index contributed by atoms with van der Waals surface area (Å²) in [5.41, 5.74) is 10.1. The zero-order valence-electron chi connectivity index (χ0n) is 10.0. The van der Waals surface area contributed by atoms with E-state index in [1.807, 2.05) is 22.9 Å². The zero-order chi connectivity index (χ0) is 12.5. The molecule has 0 saturated carbocycles. The van der Waals surface area contributed by atoms with Gasteiger partial charge in [0.25, 0.3) is 0 Å². The minimum Gasteiger partial charge on any atom is -0.369 e. The number of nitrogens with two attached hydrogens (primary N) is 1. The summed E-state index contributed by atoms with van der Waals surface area (Å²) in [6.45, 7) is 2.74. The van der Waals surface area contributed by atoms with Crippen LogP contribution in [-0.2, 0) is 6.54 Å². The maximum Gasteiger partial charge on any atom is 0.201 e. The van der Waals surface area contributed by atoms with Crippen molar-refractivity contribution in [1.29, 1.82) is 0 Å². The van der Waals surface area contributed by atoms with E-state index >= 15 is 0 Å². The normalized spacial score (nSPS) is 10.9. The summed E-state index contributed by atoms with van der Waals surface area (Å²) < 4.78 is 1.97. The van der Waals surface area contributed by atoms with Crippen molar-refractivity contribution in [3.63, 3.8) is 0 Å². The number of nitrogen functional groups attached to an aromatic ring is 1. The van der Waals surface area contributed by atoms with Crippen LogP contribution in [0.25, 0.3) is 11.0 Å². The summed E-state index contributed by atoms with van der Waals surface area (Å²) in [6, 6.07) is 3.91. The molecule has 0 aliphatic heterocycles. The molecule has 0 spiro atoms. The van der Waals surface area contributed by atoms with Crippen LogP contribution < -0.4 is 5.73 Å². The van der Waals surface area contributed by atoms with E-state index in [9.17, 15) is 0 Å². The topological polar surface area (TPSA) is 69.6 Å². The first-order valence-corrected chi connectivity index (χ1v) is 5.71. The summed E-state index contributed by atoms with van der Waals surface area (Å²) in [7, 11) is 0. The molecule has 18 heavy (non-hydrogen) atoms. The van der Waals surface area contributed by atoms with Crippen molar-refractivity contribution in [3.8, 4) is 0 Å². The highest BCUT2D eigenvalue weighted by Crippen LogP contribution is 2.19. The summed E-state index contributed by atoms with van der Waals surface area (Å²) >= 11 is 0. The molecule has 0 saturated heterocycles. The molecule has 0 atom stereocenters. The van der Waals surface area contributed by atoms with Gasteiger partial charge in [-0.1, -0.05) is 0 Å². The van der Waals surface area contributed by atoms with Gasteiger partial charge < -0.3 is 10.3 Å². The second kappa shape index (κ2) is 4.10. The summed E-state index contributed by atoms with van der Waals surface area (Å²) in [4.78, 5) is 12.5. The second-order valence-electron chi connectivity index (χ2n) is 4.22. The number of imidazole rings is 1. The van der Waals surface area contributed by atoms with E-state index in [2.05, 4.69) is 21.9 Å². The number of pyridine rings is 2. The fourth-order valence-corrected chi connectivity index (χ4v) is 2.00. The molecule has 3 aromatic rings. The first-order chi connectivity index (χ1) is 8.75. The summed E-state index contributed by atoms with van der Waals surface area (Å²) in [5.74, 6) is 0.501. The quantitative estimate of drug-likeness (QED) is 0.739. The Morgan fingerprint density at radius 3 is 2.78 bits per heavy atom. The first-order valence-electron chi connectivity index (χ1n) is 5.71. The van der Waals surface area contributed by atoms with Gasteiger partial charge in [0, 0.05) is 18.6 Å². The number of nitrogens with zero attached hydrogens (tertiary/aromatic N) is 4. The van der Waals surface area contributed by atoms with Crippen molar-refractivity contribution >= 4 is 17.0 Å². The van der Waals surface area contributed by atoms with Gasteiger partial charge in [0.2, 0.25) is 5.95 Å². The van der Waals surface area contributed by atoms with Gasteiger partial charge in [-0.15, -0.1) is 0 Å². The number of anilines is 1. The third kappa shape index (κ3) is 1.69. The van der Waals surface area contributed by atoms with Gasteiger partial charge >= 0.3 is 0 Å². The fourth-order valence-electron chi connectivity index (χ4n) is 2.00. The van der Waals surface area contributed by atoms with Crippen molar-refractivity contribution in [2.45, 2.75) is 13.5 Å². The van der Waals surface area contributed by atoms with Gasteiger partial charge in [-0.25, -0.2) is 4.98 Å². The molecule has 0 unspecified atom stereocenters. The highest BCUT2D eigenvalue weighted by atomic mass is 15.2. The Labute approximate surface area is 104 Å². The van der Waals surface area contributed by atoms with Gasteiger partial charge in [0.15, 0.2) is 0 Å². The van der Waals surface area contributed by atoms with E-state index in [0.29, 0.717) is 12.5 Å². The van der Waals surface area contributed by atoms with Crippen LogP contribution in [0.4, 0.5) is 5.95 Å². The number of hydrogen-bond acceptors (Lipinski definition) is 4. The average molecular weight is 239 g/mol. The van der Waals surface area contributed by atoms with Crippen LogP contribution in [0, 0.1) is 6.92 Å². The van der Waals surface area contributed by atoms with Crippen molar-refractivity contribution in [1.82, 2.24) is 19.5 Å². The Bertz CT molecular complexity index is 701. The van der Waals surface area contributed by atoms with Crippen LogP contribution >= 0.6 is 0 Å². The third-order valence-corrected chi connectivity index (χ3v) is 3.06. The highest BCUT2D eigenvalue weighted by Gasteiger charge is 2.09. The van der Waals surface area contributed by atoms with Crippen LogP contribution in [0.5, 0.6) is 0 Å². The third-order valence-electron chi connectivity index (χ3n) is 3.06. The van der Waals surface area contributed by atoms with E-state index in [0.717, 1.165) is 16.6 Å². The lowest BCUT2D eigenvalue weighted by molar-refractivity contribution is 0.826. The minimum atomic E-state index is 0.501. The van der Waals surface area contributed by atoms with E-state index < -0.39 is 0 Å². The standard InChI is InChI=1S/C13H13N5/c1-9-2-4-15-6-10(9)8-18-12-3-5-16-7-11(12)17-13(18)14/h2-7H,8H2,1H3,(H2,14,17). The molecule has 3 rings (SSSR count). The van der Waals surface area contributed by atoms with Crippen LogP contribution in [0.15, 0.2) is 36.9 Å². The molecule has 90 valence electrons. The van der Waals surface area contributed by atoms with Crippen molar-refractivity contribution < 1.29 is 0 Å². The number of hydrogen-bond donors (Lipinski definition) is 1. The van der Waals surface area contributed by atoms with Crippen molar-refractivity contribution in [2.24, 2.45) is 0 Å². The predicted octanol–water partition coefficient (Wildman–Crippen LogP) is 1.77. The molecule has 0 amide bonds. The van der Waals surface area contributed by atoms with E-state index in [1.54, 1.807) is 18.6 Å². The maximum atomic E-state index is 5.95. The van der Waals surface area contributed by atoms with Crippen LogP contribution in [0.2, 0.25) is 0 Å². The number of fused-ring (bicyclic) bond motifs is 1. The summed E-state index contributed by atoms with van der Waals surface area (Å²) in [6.07, 6.45) is 7.12. The molecule has 0 radical (unpaired) electrons. The maximum absolute atomic E-state index is 5.95. The molecule has 3 aromatic heterocycles. The monoisotopic (exact) mass is 239 g/mol. The Morgan fingerprint density at radius 2 is 1.94 bits per heavy atom. The van der Waals surface area contributed by atoms with E-state index in [1.165, 1.54) is 5.56 Å². The lowest BCUT2D eigenvalue weighted by Gasteiger charge is -2.08. The number of rotatable bonds is 2. The Balaban J connectivity index is 2.10. The van der Waals surface area contributed by atoms with Gasteiger partial charge in [0.1, 0.15) is 5.52 Å². The molecule has 0 fully saturated rings. The lowest BCUT2D eigenvalue weighted by atomic mass is 10.1.